The Balaban J connectivity index is 1.65. The second-order valence-electron chi connectivity index (χ2n) is 7.09. The molecule has 0 radical (unpaired) electrons. The van der Waals surface area contributed by atoms with Crippen LogP contribution < -0.4 is 15.4 Å². The van der Waals surface area contributed by atoms with Gasteiger partial charge in [-0.05, 0) is 52.9 Å². The largest absolute Gasteiger partial charge is 0.497 e. The first-order chi connectivity index (χ1) is 14.6. The van der Waals surface area contributed by atoms with E-state index in [2.05, 4.69) is 29.7 Å². The van der Waals surface area contributed by atoms with E-state index in [0.717, 1.165) is 28.9 Å². The maximum Gasteiger partial charge on any atom is 0.234 e. The zero-order valence-corrected chi connectivity index (χ0v) is 17.3. The van der Waals surface area contributed by atoms with Crippen LogP contribution in [-0.4, -0.2) is 19.6 Å². The average Bonchev–Trinajstić information content (AvgIpc) is 2.78. The van der Waals surface area contributed by atoms with Gasteiger partial charge in [0, 0.05) is 6.54 Å². The van der Waals surface area contributed by atoms with Crippen LogP contribution in [0.5, 0.6) is 5.75 Å². The highest BCUT2D eigenvalue weighted by Crippen LogP contribution is 2.23. The van der Waals surface area contributed by atoms with Crippen molar-refractivity contribution in [2.24, 2.45) is 0 Å². The first-order valence-corrected chi connectivity index (χ1v) is 10.1. The van der Waals surface area contributed by atoms with E-state index in [9.17, 15) is 9.18 Å². The van der Waals surface area contributed by atoms with Crippen molar-refractivity contribution in [2.45, 2.75) is 25.9 Å². The van der Waals surface area contributed by atoms with E-state index in [1.165, 1.54) is 17.7 Å². The lowest BCUT2D eigenvalue weighted by Crippen LogP contribution is -2.35. The SMILES string of the molecule is CCc1ccc([C@H](NCC(=O)NCc2ccc(OC)cc2)c2cccc(F)c2)cc1. The fraction of sp³-hybridized carbons (Fsp3) is 0.240. The Morgan fingerprint density at radius 2 is 1.67 bits per heavy atom. The van der Waals surface area contributed by atoms with Gasteiger partial charge < -0.3 is 10.1 Å². The van der Waals surface area contributed by atoms with Gasteiger partial charge in [-0.1, -0.05) is 55.5 Å². The van der Waals surface area contributed by atoms with Gasteiger partial charge in [0.05, 0.1) is 19.7 Å². The van der Waals surface area contributed by atoms with E-state index in [4.69, 9.17) is 4.74 Å². The molecule has 0 saturated carbocycles. The molecule has 3 aromatic rings. The number of aryl methyl sites for hydroxylation is 1. The first kappa shape index (κ1) is 21.5. The van der Waals surface area contributed by atoms with Crippen molar-refractivity contribution in [3.63, 3.8) is 0 Å². The Morgan fingerprint density at radius 1 is 0.967 bits per heavy atom. The normalized spacial score (nSPS) is 11.7. The van der Waals surface area contributed by atoms with Gasteiger partial charge in [0.2, 0.25) is 5.91 Å². The van der Waals surface area contributed by atoms with E-state index in [1.54, 1.807) is 13.2 Å². The third kappa shape index (κ3) is 5.91. The molecule has 0 aromatic heterocycles. The highest BCUT2D eigenvalue weighted by atomic mass is 19.1. The van der Waals surface area contributed by atoms with Crippen LogP contribution in [0.3, 0.4) is 0 Å². The lowest BCUT2D eigenvalue weighted by Gasteiger charge is -2.20. The van der Waals surface area contributed by atoms with Gasteiger partial charge >= 0.3 is 0 Å². The summed E-state index contributed by atoms with van der Waals surface area (Å²) in [7, 11) is 1.62. The predicted octanol–water partition coefficient (Wildman–Crippen LogP) is 4.39. The van der Waals surface area contributed by atoms with Crippen LogP contribution in [0.25, 0.3) is 0 Å². The number of ether oxygens (including phenoxy) is 1. The number of carbonyl (C=O) groups is 1. The fourth-order valence-corrected chi connectivity index (χ4v) is 3.26. The van der Waals surface area contributed by atoms with E-state index >= 15 is 0 Å². The summed E-state index contributed by atoms with van der Waals surface area (Å²) < 4.78 is 18.9. The highest BCUT2D eigenvalue weighted by Gasteiger charge is 2.16. The van der Waals surface area contributed by atoms with Gasteiger partial charge in [0.1, 0.15) is 11.6 Å². The molecule has 1 amide bonds. The third-order valence-electron chi connectivity index (χ3n) is 5.02. The molecule has 4 nitrogen and oxygen atoms in total. The lowest BCUT2D eigenvalue weighted by atomic mass is 9.97. The molecule has 3 rings (SSSR count). The zero-order valence-electron chi connectivity index (χ0n) is 17.3. The summed E-state index contributed by atoms with van der Waals surface area (Å²) in [5.74, 6) is 0.351. The van der Waals surface area contributed by atoms with Crippen molar-refractivity contribution in [1.29, 1.82) is 0 Å². The van der Waals surface area contributed by atoms with Gasteiger partial charge in [0.15, 0.2) is 0 Å². The quantitative estimate of drug-likeness (QED) is 0.554. The molecule has 0 spiro atoms. The molecule has 0 aliphatic rings. The summed E-state index contributed by atoms with van der Waals surface area (Å²) >= 11 is 0. The smallest absolute Gasteiger partial charge is 0.234 e. The van der Waals surface area contributed by atoms with Gasteiger partial charge in [-0.2, -0.15) is 0 Å². The molecule has 0 aliphatic carbocycles. The highest BCUT2D eigenvalue weighted by molar-refractivity contribution is 5.78. The molecule has 0 bridgehead atoms. The molecule has 0 saturated heterocycles. The number of nitrogens with one attached hydrogen (secondary N) is 2. The van der Waals surface area contributed by atoms with Crippen LogP contribution in [0.4, 0.5) is 4.39 Å². The molecule has 0 unspecified atom stereocenters. The second kappa shape index (κ2) is 10.6. The van der Waals surface area contributed by atoms with Crippen molar-refractivity contribution >= 4 is 5.91 Å². The Labute approximate surface area is 177 Å². The van der Waals surface area contributed by atoms with Crippen molar-refractivity contribution in [1.82, 2.24) is 10.6 Å². The lowest BCUT2D eigenvalue weighted by molar-refractivity contribution is -0.120. The van der Waals surface area contributed by atoms with Gasteiger partial charge in [-0.15, -0.1) is 0 Å². The molecule has 0 aliphatic heterocycles. The average molecular weight is 407 g/mol. The Hall–Kier alpha value is -3.18. The third-order valence-corrected chi connectivity index (χ3v) is 5.02. The van der Waals surface area contributed by atoms with Gasteiger partial charge in [-0.25, -0.2) is 4.39 Å². The van der Waals surface area contributed by atoms with Crippen molar-refractivity contribution in [2.75, 3.05) is 13.7 Å². The Bertz CT molecular complexity index is 956. The van der Waals surface area contributed by atoms with Crippen molar-refractivity contribution in [3.8, 4) is 5.75 Å². The monoisotopic (exact) mass is 406 g/mol. The van der Waals surface area contributed by atoms with E-state index in [1.807, 2.05) is 42.5 Å². The molecular weight excluding hydrogens is 379 g/mol. The van der Waals surface area contributed by atoms with E-state index in [-0.39, 0.29) is 24.3 Å². The zero-order chi connectivity index (χ0) is 21.3. The minimum atomic E-state index is -0.298. The summed E-state index contributed by atoms with van der Waals surface area (Å²) in [6.07, 6.45) is 0.951. The van der Waals surface area contributed by atoms with Crippen LogP contribution in [-0.2, 0) is 17.8 Å². The number of methoxy groups -OCH3 is 1. The minimum absolute atomic E-state index is 0.118. The number of hydrogen-bond donors (Lipinski definition) is 2. The summed E-state index contributed by atoms with van der Waals surface area (Å²) in [5, 5.41) is 6.18. The molecule has 0 heterocycles. The van der Waals surface area contributed by atoms with Crippen LogP contribution in [0.1, 0.15) is 35.2 Å². The van der Waals surface area contributed by atoms with Crippen LogP contribution in [0, 0.1) is 5.82 Å². The molecule has 3 aromatic carbocycles. The fourth-order valence-electron chi connectivity index (χ4n) is 3.26. The number of amides is 1. The molecule has 30 heavy (non-hydrogen) atoms. The second-order valence-corrected chi connectivity index (χ2v) is 7.09. The van der Waals surface area contributed by atoms with Crippen LogP contribution >= 0.6 is 0 Å². The van der Waals surface area contributed by atoms with Crippen molar-refractivity contribution in [3.05, 3.63) is 101 Å². The molecule has 5 heteroatoms. The minimum Gasteiger partial charge on any atom is -0.497 e. The summed E-state index contributed by atoms with van der Waals surface area (Å²) in [6, 6.07) is 21.9. The number of carbonyl (C=O) groups excluding carboxylic acids is 1. The molecule has 1 atom stereocenters. The van der Waals surface area contributed by atoms with Gasteiger partial charge in [0.25, 0.3) is 0 Å². The molecule has 0 fully saturated rings. The number of rotatable bonds is 9. The maximum absolute atomic E-state index is 13.8. The number of hydrogen-bond acceptors (Lipinski definition) is 3. The Morgan fingerprint density at radius 3 is 2.30 bits per heavy atom. The molecule has 2 N–H and O–H groups in total. The summed E-state index contributed by atoms with van der Waals surface area (Å²) in [5.41, 5.74) is 3.98. The van der Waals surface area contributed by atoms with Crippen LogP contribution in [0.2, 0.25) is 0 Å². The summed E-state index contributed by atoms with van der Waals surface area (Å²) in [6.45, 7) is 2.65. The van der Waals surface area contributed by atoms with Crippen LogP contribution in [0.15, 0.2) is 72.8 Å². The number of benzene rings is 3. The molecule has 156 valence electrons. The van der Waals surface area contributed by atoms with Gasteiger partial charge in [-0.3, -0.25) is 10.1 Å². The topological polar surface area (TPSA) is 50.4 Å². The van der Waals surface area contributed by atoms with E-state index < -0.39 is 0 Å². The molecular formula is C25H27FN2O2. The Kier molecular flexibility index (Phi) is 7.57. The summed E-state index contributed by atoms with van der Waals surface area (Å²) in [4.78, 5) is 12.4. The number of halogens is 1. The van der Waals surface area contributed by atoms with Crippen molar-refractivity contribution < 1.29 is 13.9 Å². The van der Waals surface area contributed by atoms with E-state index in [0.29, 0.717) is 6.54 Å². The standard InChI is InChI=1S/C25H27FN2O2/c1-3-18-7-11-20(12-8-18)25(21-5-4-6-22(26)15-21)28-17-24(29)27-16-19-9-13-23(30-2)14-10-19/h4-15,25,28H,3,16-17H2,1-2H3,(H,27,29)/t25-/m0/s1. The predicted molar refractivity (Wildman–Crippen MR) is 117 cm³/mol. The maximum atomic E-state index is 13.8. The first-order valence-electron chi connectivity index (χ1n) is 10.1.